The molecule has 0 saturated heterocycles. The molecule has 0 bridgehead atoms. The van der Waals surface area contributed by atoms with E-state index in [9.17, 15) is 4.39 Å². The van der Waals surface area contributed by atoms with Crippen LogP contribution in [0, 0.1) is 5.82 Å². The van der Waals surface area contributed by atoms with Gasteiger partial charge in [0, 0.05) is 12.1 Å². The molecule has 3 rings (SSSR count). The van der Waals surface area contributed by atoms with Crippen LogP contribution < -0.4 is 5.73 Å². The van der Waals surface area contributed by atoms with E-state index in [0.717, 1.165) is 29.0 Å². The average molecular weight is 255 g/mol. The lowest BCUT2D eigenvalue weighted by molar-refractivity contribution is 0.626. The number of nitrogens with zero attached hydrogens (tertiary/aromatic N) is 2. The molecule has 1 aromatic heterocycles. The van der Waals surface area contributed by atoms with Crippen LogP contribution in [0.5, 0.6) is 0 Å². The molecular weight excluding hydrogens is 241 g/mol. The van der Waals surface area contributed by atoms with Gasteiger partial charge in [0.15, 0.2) is 0 Å². The highest BCUT2D eigenvalue weighted by molar-refractivity contribution is 5.81. The number of nitrogen functional groups attached to an aromatic ring is 1. The number of hydrogen-bond acceptors (Lipinski definition) is 2. The van der Waals surface area contributed by atoms with E-state index in [0.29, 0.717) is 5.69 Å². The monoisotopic (exact) mass is 255 g/mol. The lowest BCUT2D eigenvalue weighted by Crippen LogP contribution is -2.00. The first-order chi connectivity index (χ1) is 9.19. The number of aryl methyl sites for hydroxylation is 1. The Bertz CT molecular complexity index is 746. The third kappa shape index (κ3) is 1.95. The summed E-state index contributed by atoms with van der Waals surface area (Å²) in [5.41, 5.74) is 9.02. The minimum absolute atomic E-state index is 0.253. The van der Waals surface area contributed by atoms with Crippen molar-refractivity contribution in [1.29, 1.82) is 0 Å². The summed E-state index contributed by atoms with van der Waals surface area (Å²) in [7, 11) is 0. The molecule has 0 amide bonds. The third-order valence-corrected chi connectivity index (χ3v) is 3.13. The fourth-order valence-corrected chi connectivity index (χ4v) is 2.29. The van der Waals surface area contributed by atoms with Crippen LogP contribution in [-0.4, -0.2) is 9.55 Å². The molecule has 96 valence electrons. The molecule has 0 spiro atoms. The number of aromatic nitrogens is 2. The molecule has 0 aliphatic heterocycles. The summed E-state index contributed by atoms with van der Waals surface area (Å²) in [5, 5.41) is 0. The molecule has 0 saturated carbocycles. The Kier molecular flexibility index (Phi) is 2.71. The molecule has 0 aliphatic rings. The van der Waals surface area contributed by atoms with Gasteiger partial charge in [-0.3, -0.25) is 4.57 Å². The summed E-state index contributed by atoms with van der Waals surface area (Å²) in [6.45, 7) is 2.03. The number of rotatable bonds is 2. The van der Waals surface area contributed by atoms with Gasteiger partial charge in [-0.25, -0.2) is 9.37 Å². The zero-order valence-electron chi connectivity index (χ0n) is 10.6. The Morgan fingerprint density at radius 3 is 2.79 bits per heavy atom. The smallest absolute Gasteiger partial charge is 0.125 e. The first kappa shape index (κ1) is 11.7. The summed E-state index contributed by atoms with van der Waals surface area (Å²) < 4.78 is 15.4. The largest absolute Gasteiger partial charge is 0.399 e. The highest BCUT2D eigenvalue weighted by atomic mass is 19.1. The van der Waals surface area contributed by atoms with E-state index >= 15 is 0 Å². The fraction of sp³-hybridized carbons (Fsp3) is 0.133. The normalized spacial score (nSPS) is 11.1. The van der Waals surface area contributed by atoms with Gasteiger partial charge in [0.05, 0.1) is 16.7 Å². The van der Waals surface area contributed by atoms with Crippen molar-refractivity contribution in [2.24, 2.45) is 0 Å². The molecule has 3 nitrogen and oxygen atoms in total. The number of anilines is 1. The van der Waals surface area contributed by atoms with Crippen molar-refractivity contribution in [1.82, 2.24) is 9.55 Å². The van der Waals surface area contributed by atoms with E-state index in [4.69, 9.17) is 5.73 Å². The lowest BCUT2D eigenvalue weighted by atomic mass is 10.2. The van der Waals surface area contributed by atoms with Gasteiger partial charge in [0.1, 0.15) is 11.6 Å². The van der Waals surface area contributed by atoms with E-state index in [1.54, 1.807) is 6.07 Å². The third-order valence-electron chi connectivity index (χ3n) is 3.13. The molecule has 0 fully saturated rings. The number of benzene rings is 2. The van der Waals surface area contributed by atoms with E-state index in [1.807, 2.05) is 35.8 Å². The molecule has 3 aromatic rings. The topological polar surface area (TPSA) is 43.8 Å². The molecule has 4 heteroatoms. The second-order valence-corrected chi connectivity index (χ2v) is 4.45. The standard InChI is InChI=1S/C15H14FN3/c1-2-15-18-13-9-11(17)6-7-14(13)19(15)12-5-3-4-10(16)8-12/h3-9H,2,17H2,1H3. The van der Waals surface area contributed by atoms with E-state index in [2.05, 4.69) is 4.98 Å². The van der Waals surface area contributed by atoms with Crippen LogP contribution in [-0.2, 0) is 6.42 Å². The average Bonchev–Trinajstić information content (AvgIpc) is 2.76. The Morgan fingerprint density at radius 1 is 1.21 bits per heavy atom. The first-order valence-corrected chi connectivity index (χ1v) is 6.22. The van der Waals surface area contributed by atoms with Crippen LogP contribution in [0.3, 0.4) is 0 Å². The summed E-state index contributed by atoms with van der Waals surface area (Å²) in [4.78, 5) is 4.56. The highest BCUT2D eigenvalue weighted by Gasteiger charge is 2.11. The van der Waals surface area contributed by atoms with Crippen LogP contribution in [0.1, 0.15) is 12.7 Å². The van der Waals surface area contributed by atoms with Crippen molar-refractivity contribution in [3.8, 4) is 5.69 Å². The summed E-state index contributed by atoms with van der Waals surface area (Å²) >= 11 is 0. The number of halogens is 1. The van der Waals surface area contributed by atoms with Gasteiger partial charge in [-0.15, -0.1) is 0 Å². The molecule has 2 aromatic carbocycles. The molecule has 2 N–H and O–H groups in total. The van der Waals surface area contributed by atoms with Crippen molar-refractivity contribution >= 4 is 16.7 Å². The van der Waals surface area contributed by atoms with E-state index in [1.165, 1.54) is 12.1 Å². The van der Waals surface area contributed by atoms with Crippen molar-refractivity contribution in [2.45, 2.75) is 13.3 Å². The van der Waals surface area contributed by atoms with Crippen LogP contribution in [0.2, 0.25) is 0 Å². The molecule has 0 unspecified atom stereocenters. The van der Waals surface area contributed by atoms with Crippen molar-refractivity contribution in [3.05, 3.63) is 54.1 Å². The predicted octanol–water partition coefficient (Wildman–Crippen LogP) is 3.31. The van der Waals surface area contributed by atoms with Gasteiger partial charge >= 0.3 is 0 Å². The Morgan fingerprint density at radius 2 is 2.05 bits per heavy atom. The van der Waals surface area contributed by atoms with Gasteiger partial charge in [-0.05, 0) is 36.4 Å². The summed E-state index contributed by atoms with van der Waals surface area (Å²) in [5.74, 6) is 0.642. The van der Waals surface area contributed by atoms with Crippen molar-refractivity contribution in [2.75, 3.05) is 5.73 Å². The van der Waals surface area contributed by atoms with Gasteiger partial charge < -0.3 is 5.73 Å². The van der Waals surface area contributed by atoms with Crippen LogP contribution >= 0.6 is 0 Å². The van der Waals surface area contributed by atoms with Gasteiger partial charge in [0.2, 0.25) is 0 Å². The number of nitrogens with two attached hydrogens (primary N) is 1. The SMILES string of the molecule is CCc1nc2cc(N)ccc2n1-c1cccc(F)c1. The molecule has 0 aliphatic carbocycles. The minimum atomic E-state index is -0.253. The fourth-order valence-electron chi connectivity index (χ4n) is 2.29. The maximum Gasteiger partial charge on any atom is 0.125 e. The second-order valence-electron chi connectivity index (χ2n) is 4.45. The van der Waals surface area contributed by atoms with Crippen LogP contribution in [0.4, 0.5) is 10.1 Å². The Hall–Kier alpha value is -2.36. The highest BCUT2D eigenvalue weighted by Crippen LogP contribution is 2.24. The lowest BCUT2D eigenvalue weighted by Gasteiger charge is -2.08. The maximum atomic E-state index is 13.4. The van der Waals surface area contributed by atoms with Crippen molar-refractivity contribution < 1.29 is 4.39 Å². The summed E-state index contributed by atoms with van der Waals surface area (Å²) in [6.07, 6.45) is 0.769. The molecule has 0 radical (unpaired) electrons. The molecular formula is C15H14FN3. The second kappa shape index (κ2) is 4.39. The molecule has 19 heavy (non-hydrogen) atoms. The van der Waals surface area contributed by atoms with E-state index in [-0.39, 0.29) is 5.82 Å². The van der Waals surface area contributed by atoms with Crippen LogP contribution in [0.25, 0.3) is 16.7 Å². The first-order valence-electron chi connectivity index (χ1n) is 6.22. The number of fused-ring (bicyclic) bond motifs is 1. The zero-order valence-corrected chi connectivity index (χ0v) is 10.6. The summed E-state index contributed by atoms with van der Waals surface area (Å²) in [6, 6.07) is 12.1. The Balaban J connectivity index is 2.32. The molecule has 0 atom stereocenters. The van der Waals surface area contributed by atoms with Crippen molar-refractivity contribution in [3.63, 3.8) is 0 Å². The minimum Gasteiger partial charge on any atom is -0.399 e. The zero-order chi connectivity index (χ0) is 13.4. The van der Waals surface area contributed by atoms with Gasteiger partial charge in [-0.1, -0.05) is 13.0 Å². The quantitative estimate of drug-likeness (QED) is 0.714. The predicted molar refractivity (Wildman–Crippen MR) is 74.8 cm³/mol. The number of imidazole rings is 1. The maximum absolute atomic E-state index is 13.4. The van der Waals surface area contributed by atoms with Gasteiger partial charge in [0.25, 0.3) is 0 Å². The number of hydrogen-bond donors (Lipinski definition) is 1. The Labute approximate surface area is 110 Å². The van der Waals surface area contributed by atoms with Crippen LogP contribution in [0.15, 0.2) is 42.5 Å². The molecule has 1 heterocycles. The van der Waals surface area contributed by atoms with Gasteiger partial charge in [-0.2, -0.15) is 0 Å². The van der Waals surface area contributed by atoms with E-state index < -0.39 is 0 Å².